The number of nitrogens with two attached hydrogens (primary N) is 1. The lowest BCUT2D eigenvalue weighted by Crippen LogP contribution is -2.34. The molecule has 0 aliphatic rings. The molecule has 0 fully saturated rings. The lowest BCUT2D eigenvalue weighted by Gasteiger charge is -2.20. The maximum Gasteiger partial charge on any atom is 0.472 e. The fraction of sp³-hybridized carbons (Fsp3) is 0.791. The zero-order chi connectivity index (χ0) is 40.7. The third-order valence-electron chi connectivity index (χ3n) is 9.15. The van der Waals surface area contributed by atoms with Crippen LogP contribution in [0, 0.1) is 0 Å². The number of carboxylic acid groups (broad SMARTS) is 1. The molecule has 0 amide bonds. The monoisotopic (exact) mass is 800 g/mol. The first-order chi connectivity index (χ1) is 26.6. The van der Waals surface area contributed by atoms with E-state index >= 15 is 0 Å². The number of aliphatic carboxylic acids is 1. The molecule has 0 aromatic heterocycles. The Balaban J connectivity index is 4.37. The highest BCUT2D eigenvalue weighted by atomic mass is 31.2. The van der Waals surface area contributed by atoms with Gasteiger partial charge < -0.3 is 25.2 Å². The summed E-state index contributed by atoms with van der Waals surface area (Å²) in [6.45, 7) is 2.68. The normalized spacial score (nSPS) is 14.1. The van der Waals surface area contributed by atoms with Gasteiger partial charge in [-0.15, -0.1) is 0 Å². The fourth-order valence-electron chi connectivity index (χ4n) is 5.79. The predicted molar refractivity (Wildman–Crippen MR) is 222 cm³/mol. The molecular weight excluding hydrogens is 721 g/mol. The molecule has 0 aliphatic heterocycles. The van der Waals surface area contributed by atoms with Crippen LogP contribution in [0.1, 0.15) is 187 Å². The van der Waals surface area contributed by atoms with E-state index in [1.54, 1.807) is 0 Å². The fourth-order valence-corrected chi connectivity index (χ4v) is 6.56. The molecule has 0 saturated heterocycles. The van der Waals surface area contributed by atoms with Crippen molar-refractivity contribution >= 4 is 25.7 Å². The summed E-state index contributed by atoms with van der Waals surface area (Å²) < 4.78 is 32.7. The summed E-state index contributed by atoms with van der Waals surface area (Å²) >= 11 is 0. The Morgan fingerprint density at radius 3 is 1.53 bits per heavy atom. The number of hydrogen-bond donors (Lipinski definition) is 3. The first kappa shape index (κ1) is 52.7. The molecule has 11 nitrogen and oxygen atoms in total. The third kappa shape index (κ3) is 38.4. The molecule has 12 heteroatoms. The van der Waals surface area contributed by atoms with Gasteiger partial charge in [-0.25, -0.2) is 4.57 Å². The van der Waals surface area contributed by atoms with Crippen molar-refractivity contribution < 1.29 is 47.5 Å². The summed E-state index contributed by atoms with van der Waals surface area (Å²) in [7, 11) is -4.72. The van der Waals surface area contributed by atoms with Crippen molar-refractivity contribution in [3.05, 3.63) is 36.5 Å². The van der Waals surface area contributed by atoms with E-state index in [4.69, 9.17) is 24.8 Å². The number of phosphoric ester groups is 1. The molecule has 1 unspecified atom stereocenters. The molecule has 0 bridgehead atoms. The second-order valence-electron chi connectivity index (χ2n) is 14.5. The summed E-state index contributed by atoms with van der Waals surface area (Å²) in [6, 6.07) is -1.52. The zero-order valence-electron chi connectivity index (χ0n) is 34.5. The van der Waals surface area contributed by atoms with Crippen molar-refractivity contribution in [3.8, 4) is 0 Å². The zero-order valence-corrected chi connectivity index (χ0v) is 35.4. The Kier molecular flexibility index (Phi) is 37.0. The Morgan fingerprint density at radius 2 is 1.02 bits per heavy atom. The van der Waals surface area contributed by atoms with Crippen LogP contribution in [0.2, 0.25) is 0 Å². The Morgan fingerprint density at radius 1 is 0.582 bits per heavy atom. The van der Waals surface area contributed by atoms with Crippen molar-refractivity contribution in [2.45, 2.75) is 199 Å². The van der Waals surface area contributed by atoms with Gasteiger partial charge in [0, 0.05) is 12.8 Å². The number of carbonyl (C=O) groups is 3. The van der Waals surface area contributed by atoms with Crippen LogP contribution in [-0.2, 0) is 37.5 Å². The number of carboxylic acids is 1. The van der Waals surface area contributed by atoms with Crippen LogP contribution < -0.4 is 5.73 Å². The van der Waals surface area contributed by atoms with Gasteiger partial charge in [-0.05, 0) is 44.9 Å². The standard InChI is InChI=1S/C43H78NO10P/c1-3-5-7-9-11-13-15-17-19-21-22-24-26-28-30-32-34-41(45)51-36-39(37-52-55(49,50)53-38-40(44)43(47)48)54-42(46)35-33-31-29-27-25-23-20-18-16-14-12-10-8-6-4-2/h6,8,12,14,18,20,39-40H,3-5,7,9-11,13,15-17,19,21-38,44H2,1-2H3,(H,47,48)(H,49,50)/b8-6+,14-12+,20-18+/t39-,40+/m1/s1. The van der Waals surface area contributed by atoms with Crippen molar-refractivity contribution in [3.63, 3.8) is 0 Å². The molecule has 55 heavy (non-hydrogen) atoms. The van der Waals surface area contributed by atoms with Gasteiger partial charge in [-0.3, -0.25) is 23.4 Å². The van der Waals surface area contributed by atoms with Crippen LogP contribution in [0.15, 0.2) is 36.5 Å². The highest BCUT2D eigenvalue weighted by Crippen LogP contribution is 2.43. The Labute approximate surface area is 333 Å². The van der Waals surface area contributed by atoms with Crippen molar-refractivity contribution in [2.75, 3.05) is 19.8 Å². The second kappa shape index (κ2) is 38.6. The van der Waals surface area contributed by atoms with Gasteiger partial charge in [-0.2, -0.15) is 0 Å². The van der Waals surface area contributed by atoms with E-state index in [-0.39, 0.29) is 19.4 Å². The Hall–Kier alpha value is -2.30. The molecule has 0 spiro atoms. The van der Waals surface area contributed by atoms with Crippen LogP contribution in [0.3, 0.4) is 0 Å². The third-order valence-corrected chi connectivity index (χ3v) is 10.1. The average Bonchev–Trinajstić information content (AvgIpc) is 3.16. The highest BCUT2D eigenvalue weighted by molar-refractivity contribution is 7.47. The van der Waals surface area contributed by atoms with Gasteiger partial charge in [-0.1, -0.05) is 166 Å². The van der Waals surface area contributed by atoms with E-state index < -0.39 is 51.1 Å². The molecule has 0 aliphatic carbocycles. The van der Waals surface area contributed by atoms with Gasteiger partial charge in [0.2, 0.25) is 0 Å². The minimum absolute atomic E-state index is 0.143. The maximum absolute atomic E-state index is 12.6. The number of hydrogen-bond acceptors (Lipinski definition) is 9. The van der Waals surface area contributed by atoms with Gasteiger partial charge >= 0.3 is 25.7 Å². The number of unbranched alkanes of at least 4 members (excludes halogenated alkanes) is 20. The van der Waals surface area contributed by atoms with E-state index in [2.05, 4.69) is 54.8 Å². The van der Waals surface area contributed by atoms with Gasteiger partial charge in [0.15, 0.2) is 6.10 Å². The topological polar surface area (TPSA) is 172 Å². The number of esters is 2. The van der Waals surface area contributed by atoms with E-state index in [0.29, 0.717) is 12.8 Å². The molecule has 320 valence electrons. The molecule has 0 saturated carbocycles. The van der Waals surface area contributed by atoms with Crippen LogP contribution in [0.4, 0.5) is 0 Å². The van der Waals surface area contributed by atoms with E-state index in [1.165, 1.54) is 77.0 Å². The first-order valence-corrected chi connectivity index (χ1v) is 23.0. The number of allylic oxidation sites excluding steroid dienone is 6. The van der Waals surface area contributed by atoms with Gasteiger partial charge in [0.05, 0.1) is 13.2 Å². The van der Waals surface area contributed by atoms with Crippen LogP contribution in [0.25, 0.3) is 0 Å². The maximum atomic E-state index is 12.6. The van der Waals surface area contributed by atoms with E-state index in [9.17, 15) is 23.8 Å². The molecular formula is C43H78NO10P. The molecule has 0 aromatic rings. The molecule has 4 N–H and O–H groups in total. The Bertz CT molecular complexity index is 1080. The molecule has 3 atom stereocenters. The minimum atomic E-state index is -4.72. The summed E-state index contributed by atoms with van der Waals surface area (Å²) in [6.07, 6.45) is 40.6. The number of rotatable bonds is 40. The van der Waals surface area contributed by atoms with Gasteiger partial charge in [0.25, 0.3) is 0 Å². The minimum Gasteiger partial charge on any atom is -0.480 e. The average molecular weight is 800 g/mol. The van der Waals surface area contributed by atoms with Crippen LogP contribution >= 0.6 is 7.82 Å². The van der Waals surface area contributed by atoms with E-state index in [1.807, 2.05) is 0 Å². The molecule has 0 radical (unpaired) electrons. The smallest absolute Gasteiger partial charge is 0.472 e. The van der Waals surface area contributed by atoms with Crippen molar-refractivity contribution in [1.29, 1.82) is 0 Å². The van der Waals surface area contributed by atoms with Crippen LogP contribution in [-0.4, -0.2) is 59.9 Å². The van der Waals surface area contributed by atoms with Gasteiger partial charge in [0.1, 0.15) is 12.6 Å². The van der Waals surface area contributed by atoms with Crippen LogP contribution in [0.5, 0.6) is 0 Å². The number of ether oxygens (including phenoxy) is 2. The molecule has 0 heterocycles. The lowest BCUT2D eigenvalue weighted by molar-refractivity contribution is -0.161. The first-order valence-electron chi connectivity index (χ1n) is 21.5. The summed E-state index contributed by atoms with van der Waals surface area (Å²) in [5.41, 5.74) is 5.33. The van der Waals surface area contributed by atoms with Crippen molar-refractivity contribution in [2.24, 2.45) is 5.73 Å². The second-order valence-corrected chi connectivity index (χ2v) is 15.9. The number of phosphoric acid groups is 1. The quantitative estimate of drug-likeness (QED) is 0.0233. The summed E-state index contributed by atoms with van der Waals surface area (Å²) in [5, 5.41) is 8.88. The summed E-state index contributed by atoms with van der Waals surface area (Å²) in [4.78, 5) is 45.9. The summed E-state index contributed by atoms with van der Waals surface area (Å²) in [5.74, 6) is -2.40. The van der Waals surface area contributed by atoms with Crippen molar-refractivity contribution in [1.82, 2.24) is 0 Å². The number of carbonyl (C=O) groups excluding carboxylic acids is 2. The highest BCUT2D eigenvalue weighted by Gasteiger charge is 2.28. The molecule has 0 aromatic carbocycles. The predicted octanol–water partition coefficient (Wildman–Crippen LogP) is 11.2. The largest absolute Gasteiger partial charge is 0.480 e. The van der Waals surface area contributed by atoms with E-state index in [0.717, 1.165) is 70.6 Å². The lowest BCUT2D eigenvalue weighted by atomic mass is 10.0. The molecule has 0 rings (SSSR count). The SMILES string of the molecule is CC/C=C/C/C=C/C/C=C/CCCCCCCC(=O)O[C@H](COC(=O)CCCCCCCCCCCCCCCCCC)COP(=O)(O)OC[C@H](N)C(=O)O.